The van der Waals surface area contributed by atoms with Crippen molar-refractivity contribution in [2.75, 3.05) is 6.67 Å². The Kier molecular flexibility index (Phi) is 13.0. The lowest BCUT2D eigenvalue weighted by molar-refractivity contribution is -0.153. The third kappa shape index (κ3) is 8.45. The Balaban J connectivity index is 0.972. The predicted molar refractivity (Wildman–Crippen MR) is 233 cm³/mol. The van der Waals surface area contributed by atoms with Gasteiger partial charge in [0, 0.05) is 29.5 Å². The van der Waals surface area contributed by atoms with E-state index < -0.39 is 42.7 Å². The van der Waals surface area contributed by atoms with Gasteiger partial charge in [-0.3, -0.25) is 23.7 Å². The average Bonchev–Trinajstić information content (AvgIpc) is 3.74. The molecular formula is C51H69FN2O5. The lowest BCUT2D eigenvalue weighted by atomic mass is 9.47. The molecule has 0 radical (unpaired) electrons. The van der Waals surface area contributed by atoms with Crippen LogP contribution in [0.2, 0.25) is 0 Å². The number of ether oxygens (including phenoxy) is 1. The molecule has 0 saturated heterocycles. The Morgan fingerprint density at radius 1 is 0.847 bits per heavy atom. The van der Waals surface area contributed by atoms with Crippen LogP contribution in [0.5, 0.6) is 0 Å². The van der Waals surface area contributed by atoms with Crippen LogP contribution in [0, 0.1) is 58.2 Å². The van der Waals surface area contributed by atoms with Gasteiger partial charge in [0.25, 0.3) is 0 Å². The highest BCUT2D eigenvalue weighted by atomic mass is 19.1. The molecule has 0 bridgehead atoms. The molecule has 0 aliphatic heterocycles. The molecule has 1 aromatic heterocycles. The Morgan fingerprint density at radius 3 is 2.17 bits per heavy atom. The molecule has 8 heteroatoms. The molecule has 7 nitrogen and oxygen atoms in total. The monoisotopic (exact) mass is 809 g/mol. The fraction of sp³-hybridized carbons (Fsp3) is 0.647. The highest BCUT2D eigenvalue weighted by molar-refractivity contribution is 6.13. The highest BCUT2D eigenvalue weighted by Crippen LogP contribution is 2.67. The van der Waals surface area contributed by atoms with Gasteiger partial charge in [0.15, 0.2) is 5.78 Å². The molecule has 320 valence electrons. The maximum atomic E-state index is 14.0. The molecule has 10 atom stereocenters. The second-order valence-corrected chi connectivity index (χ2v) is 20.3. The fourth-order valence-electron chi connectivity index (χ4n) is 12.9. The number of carbonyl (C=O) groups is 4. The second-order valence-electron chi connectivity index (χ2n) is 20.3. The first kappa shape index (κ1) is 43.3. The third-order valence-electron chi connectivity index (χ3n) is 16.1. The van der Waals surface area contributed by atoms with E-state index >= 15 is 0 Å². The quantitative estimate of drug-likeness (QED) is 0.122. The number of nitrogens with zero attached hydrogens (tertiary/aromatic N) is 1. The highest BCUT2D eigenvalue weighted by Gasteiger charge is 2.59. The maximum absolute atomic E-state index is 14.0. The SMILES string of the molecule is CC(C)CCC[C@@H](C)[C@H]1CCC2C3CC=C4C[C@@H](OC(=O)CC(NC(=O)[C@@H](CC(=O)n5c6ccccc6c6ccccc65)C(C)C)C(=O)CF)CC[C@]4(C)C3CC[C@@]21C. The van der Waals surface area contributed by atoms with Crippen LogP contribution in [0.15, 0.2) is 60.2 Å². The molecule has 2 aromatic carbocycles. The van der Waals surface area contributed by atoms with E-state index in [1.807, 2.05) is 62.4 Å². The van der Waals surface area contributed by atoms with E-state index in [1.165, 1.54) is 50.5 Å². The number of Topliss-reactive ketones (excluding diaryl/α,β-unsaturated/α-hetero) is 1. The zero-order chi connectivity index (χ0) is 42.2. The third-order valence-corrected chi connectivity index (χ3v) is 16.1. The number of allylic oxidation sites excluding steroid dienone is 1. The molecule has 3 saturated carbocycles. The number of benzene rings is 2. The van der Waals surface area contributed by atoms with Crippen molar-refractivity contribution in [3.63, 3.8) is 0 Å². The van der Waals surface area contributed by atoms with E-state index in [1.54, 1.807) is 4.57 Å². The number of hydrogen-bond acceptors (Lipinski definition) is 5. The Morgan fingerprint density at radius 2 is 1.53 bits per heavy atom. The van der Waals surface area contributed by atoms with Gasteiger partial charge in [-0.05, 0) is 109 Å². The van der Waals surface area contributed by atoms with Crippen LogP contribution >= 0.6 is 0 Å². The van der Waals surface area contributed by atoms with Crippen molar-refractivity contribution < 1.29 is 28.3 Å². The summed E-state index contributed by atoms with van der Waals surface area (Å²) >= 11 is 0. The zero-order valence-corrected chi connectivity index (χ0v) is 36.7. The van der Waals surface area contributed by atoms with Crippen molar-refractivity contribution in [1.82, 2.24) is 9.88 Å². The smallest absolute Gasteiger partial charge is 0.308 e. The van der Waals surface area contributed by atoms with E-state index in [4.69, 9.17) is 4.74 Å². The van der Waals surface area contributed by atoms with E-state index in [-0.39, 0.29) is 29.8 Å². The summed E-state index contributed by atoms with van der Waals surface area (Å²) in [7, 11) is 0. The summed E-state index contributed by atoms with van der Waals surface area (Å²) in [6.07, 6.45) is 14.4. The molecule has 0 spiro atoms. The van der Waals surface area contributed by atoms with Crippen molar-refractivity contribution in [2.45, 2.75) is 144 Å². The van der Waals surface area contributed by atoms with Gasteiger partial charge >= 0.3 is 5.97 Å². The lowest BCUT2D eigenvalue weighted by Gasteiger charge is -2.58. The maximum Gasteiger partial charge on any atom is 0.308 e. The topological polar surface area (TPSA) is 94.5 Å². The fourth-order valence-corrected chi connectivity index (χ4v) is 12.9. The van der Waals surface area contributed by atoms with Crippen LogP contribution in [0.25, 0.3) is 21.8 Å². The summed E-state index contributed by atoms with van der Waals surface area (Å²) in [5.74, 6) is 1.10. The van der Waals surface area contributed by atoms with Crippen molar-refractivity contribution in [3.8, 4) is 0 Å². The Labute approximate surface area is 351 Å². The van der Waals surface area contributed by atoms with Crippen LogP contribution in [0.3, 0.4) is 0 Å². The number of ketones is 1. The van der Waals surface area contributed by atoms with Crippen LogP contribution in [0.1, 0.15) is 137 Å². The number of rotatable bonds is 15. The normalized spacial score (nSPS) is 29.3. The number of nitrogens with one attached hydrogen (secondary N) is 1. The molecule has 1 heterocycles. The van der Waals surface area contributed by atoms with E-state index in [0.29, 0.717) is 23.7 Å². The molecule has 4 unspecified atom stereocenters. The first-order valence-electron chi connectivity index (χ1n) is 23.0. The molecule has 3 fully saturated rings. The molecule has 59 heavy (non-hydrogen) atoms. The number of alkyl halides is 1. The summed E-state index contributed by atoms with van der Waals surface area (Å²) in [6, 6.07) is 14.0. The van der Waals surface area contributed by atoms with Gasteiger partial charge in [-0.25, -0.2) is 4.39 Å². The van der Waals surface area contributed by atoms with Gasteiger partial charge in [-0.15, -0.1) is 0 Å². The van der Waals surface area contributed by atoms with Crippen molar-refractivity contribution in [3.05, 3.63) is 60.2 Å². The first-order valence-corrected chi connectivity index (χ1v) is 23.0. The van der Waals surface area contributed by atoms with Gasteiger partial charge < -0.3 is 10.1 Å². The molecule has 7 rings (SSSR count). The molecule has 1 N–H and O–H groups in total. The zero-order valence-electron chi connectivity index (χ0n) is 36.7. The molecule has 3 aromatic rings. The number of aromatic nitrogens is 1. The molecule has 4 aliphatic carbocycles. The minimum Gasteiger partial charge on any atom is -0.462 e. The first-order chi connectivity index (χ1) is 28.2. The van der Waals surface area contributed by atoms with Crippen LogP contribution in [-0.2, 0) is 19.1 Å². The predicted octanol–water partition coefficient (Wildman–Crippen LogP) is 11.5. The number of hydrogen-bond donors (Lipinski definition) is 1. The number of esters is 1. The van der Waals surface area contributed by atoms with Crippen LogP contribution < -0.4 is 5.32 Å². The van der Waals surface area contributed by atoms with Gasteiger partial charge in [0.05, 0.1) is 17.5 Å². The van der Waals surface area contributed by atoms with E-state index in [9.17, 15) is 23.6 Å². The minimum atomic E-state index is -1.38. The van der Waals surface area contributed by atoms with Gasteiger partial charge in [0.1, 0.15) is 18.8 Å². The number of amides is 1. The van der Waals surface area contributed by atoms with Crippen molar-refractivity contribution in [2.24, 2.45) is 58.2 Å². The van der Waals surface area contributed by atoms with E-state index in [2.05, 4.69) is 46.0 Å². The summed E-state index contributed by atoms with van der Waals surface area (Å²) in [5, 5.41) is 4.55. The Hall–Kier alpha value is -3.81. The standard InChI is InChI=1S/C51H69FN2O5/c1-31(2)13-12-14-33(5)40-21-22-41-38-20-19-34-27-35(23-25-50(34,6)42(38)24-26-51(40,41)7)59-48(57)29-43(46(55)30-52)53-49(58)39(32(3)4)28-47(56)54-44-17-10-8-15-36(44)37-16-9-11-18-45(37)54/h8-11,15-19,31-33,35,38-43H,12-14,20-30H2,1-7H3,(H,53,58)/t33-,35+,38?,39+,40-,41?,42?,43?,50+,51-/m1/s1. The average molecular weight is 809 g/mol. The van der Waals surface area contributed by atoms with Crippen LogP contribution in [0.4, 0.5) is 4.39 Å². The number of para-hydroxylation sites is 2. The minimum absolute atomic E-state index is 0.0946. The largest absolute Gasteiger partial charge is 0.462 e. The molecular weight excluding hydrogens is 740 g/mol. The lowest BCUT2D eigenvalue weighted by Crippen LogP contribution is -2.51. The number of carbonyl (C=O) groups excluding carboxylic acids is 4. The number of halogens is 1. The van der Waals surface area contributed by atoms with Gasteiger partial charge in [-0.2, -0.15) is 0 Å². The van der Waals surface area contributed by atoms with Crippen LogP contribution in [-0.4, -0.2) is 47.0 Å². The molecule has 1 amide bonds. The summed E-state index contributed by atoms with van der Waals surface area (Å²) in [6.45, 7) is 14.6. The summed E-state index contributed by atoms with van der Waals surface area (Å²) in [5.41, 5.74) is 3.43. The summed E-state index contributed by atoms with van der Waals surface area (Å²) in [4.78, 5) is 54.2. The summed E-state index contributed by atoms with van der Waals surface area (Å²) < 4.78 is 21.6. The Bertz CT molecular complexity index is 2010. The van der Waals surface area contributed by atoms with Gasteiger partial charge in [0.2, 0.25) is 11.8 Å². The molecule has 4 aliphatic rings. The van der Waals surface area contributed by atoms with E-state index in [0.717, 1.165) is 64.7 Å². The van der Waals surface area contributed by atoms with Crippen molar-refractivity contribution in [1.29, 1.82) is 0 Å². The number of fused-ring (bicyclic) bond motifs is 8. The second kappa shape index (κ2) is 17.7. The van der Waals surface area contributed by atoms with Gasteiger partial charge in [-0.1, -0.05) is 116 Å². The van der Waals surface area contributed by atoms with Crippen molar-refractivity contribution >= 4 is 45.4 Å².